The lowest BCUT2D eigenvalue weighted by Crippen LogP contribution is -2.30. The molecule has 2 rings (SSSR count). The van der Waals surface area contributed by atoms with E-state index in [9.17, 15) is 0 Å². The molecule has 3 heteroatoms. The Morgan fingerprint density at radius 3 is 2.79 bits per heavy atom. The first-order chi connectivity index (χ1) is 9.24. The third kappa shape index (κ3) is 3.98. The highest BCUT2D eigenvalue weighted by molar-refractivity contribution is 7.99. The van der Waals surface area contributed by atoms with Crippen molar-refractivity contribution in [2.75, 3.05) is 5.75 Å². The molecule has 2 unspecified atom stereocenters. The quantitative estimate of drug-likeness (QED) is 0.585. The van der Waals surface area contributed by atoms with Crippen LogP contribution in [0.2, 0.25) is 0 Å². The second-order valence-electron chi connectivity index (χ2n) is 5.57. The fourth-order valence-corrected chi connectivity index (χ4v) is 3.44. The van der Waals surface area contributed by atoms with Gasteiger partial charge in [0, 0.05) is 11.0 Å². The summed E-state index contributed by atoms with van der Waals surface area (Å²) in [4.78, 5) is 0. The van der Waals surface area contributed by atoms with Crippen molar-refractivity contribution < 1.29 is 0 Å². The summed E-state index contributed by atoms with van der Waals surface area (Å²) in [6.45, 7) is 4.52. The molecule has 1 aromatic carbocycles. The van der Waals surface area contributed by atoms with E-state index in [-0.39, 0.29) is 6.04 Å². The van der Waals surface area contributed by atoms with E-state index in [4.69, 9.17) is 5.84 Å². The molecular weight excluding hydrogens is 252 g/mol. The maximum Gasteiger partial charge on any atom is 0.0550 e. The molecule has 0 heterocycles. The summed E-state index contributed by atoms with van der Waals surface area (Å²) < 4.78 is 0. The molecule has 0 aliphatic heterocycles. The highest BCUT2D eigenvalue weighted by Crippen LogP contribution is 2.37. The Morgan fingerprint density at radius 2 is 2.21 bits per heavy atom. The van der Waals surface area contributed by atoms with Gasteiger partial charge in [-0.15, -0.1) is 0 Å². The molecule has 3 N–H and O–H groups in total. The minimum absolute atomic E-state index is 0.263. The summed E-state index contributed by atoms with van der Waals surface area (Å²) in [6.07, 6.45) is 5.30. The Hall–Kier alpha value is -0.510. The van der Waals surface area contributed by atoms with E-state index < -0.39 is 0 Å². The van der Waals surface area contributed by atoms with E-state index in [2.05, 4.69) is 43.5 Å². The number of hydrazine groups is 1. The molecule has 2 nitrogen and oxygen atoms in total. The van der Waals surface area contributed by atoms with Crippen molar-refractivity contribution in [3.63, 3.8) is 0 Å². The van der Waals surface area contributed by atoms with Gasteiger partial charge >= 0.3 is 0 Å². The van der Waals surface area contributed by atoms with Crippen molar-refractivity contribution in [1.29, 1.82) is 0 Å². The lowest BCUT2D eigenvalue weighted by Gasteiger charge is -2.27. The second-order valence-corrected chi connectivity index (χ2v) is 7.04. The van der Waals surface area contributed by atoms with Crippen molar-refractivity contribution >= 4 is 11.8 Å². The third-order valence-electron chi connectivity index (χ3n) is 4.21. The van der Waals surface area contributed by atoms with Crippen LogP contribution in [0.15, 0.2) is 24.3 Å². The first-order valence-electron chi connectivity index (χ1n) is 7.42. The van der Waals surface area contributed by atoms with E-state index >= 15 is 0 Å². The topological polar surface area (TPSA) is 38.0 Å². The molecular formula is C16H26N2S. The smallest absolute Gasteiger partial charge is 0.0550 e. The monoisotopic (exact) mass is 278 g/mol. The number of thioether (sulfide) groups is 1. The van der Waals surface area contributed by atoms with Crippen molar-refractivity contribution in [2.45, 2.75) is 56.7 Å². The van der Waals surface area contributed by atoms with Gasteiger partial charge < -0.3 is 0 Å². The van der Waals surface area contributed by atoms with Crippen molar-refractivity contribution in [1.82, 2.24) is 5.43 Å². The van der Waals surface area contributed by atoms with Gasteiger partial charge in [0.25, 0.3) is 0 Å². The fraction of sp³-hybridized carbons (Fsp3) is 0.625. The zero-order valence-corrected chi connectivity index (χ0v) is 12.9. The first kappa shape index (κ1) is 14.9. The number of hydrogen-bond donors (Lipinski definition) is 2. The van der Waals surface area contributed by atoms with Crippen LogP contribution in [0.1, 0.15) is 62.6 Å². The number of rotatable bonds is 7. The molecule has 1 aromatic rings. The van der Waals surface area contributed by atoms with Crippen LogP contribution in [0.4, 0.5) is 0 Å². The molecule has 1 fully saturated rings. The number of hydrogen-bond acceptors (Lipinski definition) is 3. The lowest BCUT2D eigenvalue weighted by molar-refractivity contribution is 0.419. The molecule has 0 aromatic heterocycles. The molecule has 0 spiro atoms. The molecule has 106 valence electrons. The highest BCUT2D eigenvalue weighted by Gasteiger charge is 2.20. The number of nitrogens with two attached hydrogens (primary N) is 1. The predicted molar refractivity (Wildman–Crippen MR) is 85.3 cm³/mol. The molecule has 1 aliphatic rings. The van der Waals surface area contributed by atoms with Crippen LogP contribution < -0.4 is 11.3 Å². The summed E-state index contributed by atoms with van der Waals surface area (Å²) in [5, 5.41) is 0.700. The van der Waals surface area contributed by atoms with Crippen LogP contribution >= 0.6 is 11.8 Å². The zero-order valence-electron chi connectivity index (χ0n) is 12.1. The summed E-state index contributed by atoms with van der Waals surface area (Å²) in [7, 11) is 0. The Bertz CT molecular complexity index is 390. The SMILES string of the molecule is CCC(C)SCC(NN)c1cccc(C2CCC2)c1. The van der Waals surface area contributed by atoms with E-state index in [0.29, 0.717) is 5.25 Å². The Morgan fingerprint density at radius 1 is 1.42 bits per heavy atom. The molecule has 1 aliphatic carbocycles. The molecule has 19 heavy (non-hydrogen) atoms. The lowest BCUT2D eigenvalue weighted by atomic mass is 9.79. The van der Waals surface area contributed by atoms with Gasteiger partial charge in [-0.3, -0.25) is 11.3 Å². The molecule has 0 saturated heterocycles. The largest absolute Gasteiger partial charge is 0.271 e. The van der Waals surface area contributed by atoms with E-state index in [0.717, 1.165) is 11.7 Å². The highest BCUT2D eigenvalue weighted by atomic mass is 32.2. The molecule has 2 atom stereocenters. The van der Waals surface area contributed by atoms with Crippen LogP contribution in [0.25, 0.3) is 0 Å². The summed E-state index contributed by atoms with van der Waals surface area (Å²) >= 11 is 2.00. The number of benzene rings is 1. The van der Waals surface area contributed by atoms with Gasteiger partial charge in [0.2, 0.25) is 0 Å². The van der Waals surface area contributed by atoms with E-state index in [1.54, 1.807) is 0 Å². The van der Waals surface area contributed by atoms with Crippen molar-refractivity contribution in [3.05, 3.63) is 35.4 Å². The second kappa shape index (κ2) is 7.32. The standard InChI is InChI=1S/C16H26N2S/c1-3-12(2)19-11-16(18-17)15-9-5-8-14(10-15)13-6-4-7-13/h5,8-10,12-13,16,18H,3-4,6-7,11,17H2,1-2H3. The summed E-state index contributed by atoms with van der Waals surface area (Å²) in [5.74, 6) is 7.58. The first-order valence-corrected chi connectivity index (χ1v) is 8.47. The molecule has 0 amide bonds. The van der Waals surface area contributed by atoms with Crippen LogP contribution in [-0.4, -0.2) is 11.0 Å². The number of nitrogens with one attached hydrogen (secondary N) is 1. The molecule has 1 saturated carbocycles. The van der Waals surface area contributed by atoms with Crippen LogP contribution in [0.3, 0.4) is 0 Å². The maximum atomic E-state index is 5.74. The maximum absolute atomic E-state index is 5.74. The minimum Gasteiger partial charge on any atom is -0.271 e. The van der Waals surface area contributed by atoms with Gasteiger partial charge in [-0.1, -0.05) is 44.5 Å². The van der Waals surface area contributed by atoms with Crippen LogP contribution in [-0.2, 0) is 0 Å². The molecule has 0 radical (unpaired) electrons. The van der Waals surface area contributed by atoms with Crippen LogP contribution in [0, 0.1) is 0 Å². The van der Waals surface area contributed by atoms with Gasteiger partial charge in [0.05, 0.1) is 6.04 Å². The Balaban J connectivity index is 2.00. The van der Waals surface area contributed by atoms with Crippen LogP contribution in [0.5, 0.6) is 0 Å². The summed E-state index contributed by atoms with van der Waals surface area (Å²) in [5.41, 5.74) is 5.81. The van der Waals surface area contributed by atoms with Gasteiger partial charge in [0.1, 0.15) is 0 Å². The average Bonchev–Trinajstić information content (AvgIpc) is 2.37. The third-order valence-corrected chi connectivity index (χ3v) is 5.64. The van der Waals surface area contributed by atoms with Gasteiger partial charge in [0.15, 0.2) is 0 Å². The molecule has 0 bridgehead atoms. The van der Waals surface area contributed by atoms with E-state index in [1.807, 2.05) is 11.8 Å². The zero-order chi connectivity index (χ0) is 13.7. The fourth-order valence-electron chi connectivity index (χ4n) is 2.39. The van der Waals surface area contributed by atoms with Gasteiger partial charge in [-0.25, -0.2) is 0 Å². The van der Waals surface area contributed by atoms with Crippen molar-refractivity contribution in [3.8, 4) is 0 Å². The summed E-state index contributed by atoms with van der Waals surface area (Å²) in [6, 6.07) is 9.26. The Kier molecular flexibility index (Phi) is 5.74. The normalized spacial score (nSPS) is 18.9. The van der Waals surface area contributed by atoms with Gasteiger partial charge in [-0.2, -0.15) is 11.8 Å². The Labute approximate surface area is 121 Å². The van der Waals surface area contributed by atoms with E-state index in [1.165, 1.54) is 36.8 Å². The minimum atomic E-state index is 0.263. The predicted octanol–water partition coefficient (Wildman–Crippen LogP) is 3.99. The average molecular weight is 278 g/mol. The van der Waals surface area contributed by atoms with Crippen molar-refractivity contribution in [2.24, 2.45) is 5.84 Å². The van der Waals surface area contributed by atoms with Gasteiger partial charge in [-0.05, 0) is 36.3 Å².